The Morgan fingerprint density at radius 3 is 1.76 bits per heavy atom. The van der Waals surface area contributed by atoms with Crippen molar-refractivity contribution >= 4 is 29.4 Å². The molecule has 0 bridgehead atoms. The number of pyridine rings is 1. The molecule has 1 amide bonds. The average molecular weight is 855 g/mol. The van der Waals surface area contributed by atoms with Crippen molar-refractivity contribution < 1.29 is 74.0 Å². The molecule has 4 rings (SSSR count). The molecule has 2 atom stereocenters. The predicted octanol–water partition coefficient (Wildman–Crippen LogP) is 7.89. The summed E-state index contributed by atoms with van der Waals surface area (Å²) in [6.45, 7) is 7.68. The molecule has 0 aliphatic carbocycles. The molecule has 0 saturated carbocycles. The van der Waals surface area contributed by atoms with Crippen LogP contribution >= 0.6 is 0 Å². The molecule has 0 saturated heterocycles. The first kappa shape index (κ1) is 48.1. The lowest BCUT2D eigenvalue weighted by Gasteiger charge is -2.45. The fourth-order valence-electron chi connectivity index (χ4n) is 5.76. The molecule has 22 heteroatoms. The zero-order valence-electron chi connectivity index (χ0n) is 32.8. The Kier molecular flexibility index (Phi) is 14.0. The molecule has 1 aliphatic heterocycles. The smallest absolute Gasteiger partial charge is 0.433 e. The normalized spacial score (nSPS) is 17.4. The van der Waals surface area contributed by atoms with Crippen LogP contribution in [0.3, 0.4) is 0 Å². The van der Waals surface area contributed by atoms with Crippen LogP contribution < -0.4 is 15.5 Å². The van der Waals surface area contributed by atoms with Gasteiger partial charge in [-0.3, -0.25) is 14.5 Å². The van der Waals surface area contributed by atoms with Gasteiger partial charge in [0.05, 0.1) is 70.0 Å². The predicted molar refractivity (Wildman–Crippen MR) is 193 cm³/mol. The number of rotatable bonds is 11. The largest absolute Gasteiger partial charge is 0.481 e. The third-order valence-corrected chi connectivity index (χ3v) is 9.33. The summed E-state index contributed by atoms with van der Waals surface area (Å²) in [7, 11) is 3.05. The Bertz CT molecular complexity index is 1980. The van der Waals surface area contributed by atoms with E-state index in [1.165, 1.54) is 52.9 Å². The van der Waals surface area contributed by atoms with Gasteiger partial charge in [-0.25, -0.2) is 19.7 Å². The first-order valence-electron chi connectivity index (χ1n) is 17.5. The molecular formula is C37H43F9N6O7. The van der Waals surface area contributed by atoms with Gasteiger partial charge in [0.25, 0.3) is 0 Å². The minimum absolute atomic E-state index is 0.000949. The lowest BCUT2D eigenvalue weighted by molar-refractivity contribution is -0.155. The Hall–Kier alpha value is -5.25. The van der Waals surface area contributed by atoms with Crippen LogP contribution in [-0.2, 0) is 39.3 Å². The van der Waals surface area contributed by atoms with E-state index in [-0.39, 0.29) is 66.3 Å². The third-order valence-electron chi connectivity index (χ3n) is 9.33. The van der Waals surface area contributed by atoms with Crippen molar-refractivity contribution in [1.82, 2.24) is 15.0 Å². The van der Waals surface area contributed by atoms with Gasteiger partial charge in [-0.1, -0.05) is 6.92 Å². The topological polar surface area (TPSA) is 192 Å². The summed E-state index contributed by atoms with van der Waals surface area (Å²) in [4.78, 5) is 48.1. The number of alkyl halides is 9. The molecule has 5 N–H and O–H groups in total. The number of carboxylic acids is 2. The Labute approximate surface area is 332 Å². The summed E-state index contributed by atoms with van der Waals surface area (Å²) in [5.41, 5.74) is -2.43. The van der Waals surface area contributed by atoms with Gasteiger partial charge in [0.1, 0.15) is 17.2 Å². The monoisotopic (exact) mass is 854 g/mol. The molecule has 3 aromatic rings. The summed E-state index contributed by atoms with van der Waals surface area (Å²) >= 11 is 0. The van der Waals surface area contributed by atoms with Crippen molar-refractivity contribution in [1.29, 1.82) is 0 Å². The van der Waals surface area contributed by atoms with E-state index in [9.17, 15) is 59.0 Å². The van der Waals surface area contributed by atoms with Crippen molar-refractivity contribution in [2.75, 3.05) is 37.1 Å². The molecule has 59 heavy (non-hydrogen) atoms. The molecule has 1 aromatic carbocycles. The number of halogens is 9. The molecule has 326 valence electrons. The maximum atomic E-state index is 13.6. The van der Waals surface area contributed by atoms with E-state index in [2.05, 4.69) is 15.0 Å². The van der Waals surface area contributed by atoms with Gasteiger partial charge >= 0.3 is 36.6 Å². The number of hydrogen-bond donors (Lipinski definition) is 4. The van der Waals surface area contributed by atoms with Crippen LogP contribution in [0, 0.1) is 10.8 Å². The van der Waals surface area contributed by atoms with E-state index in [1.54, 1.807) is 6.92 Å². The van der Waals surface area contributed by atoms with Gasteiger partial charge in [-0.2, -0.15) is 39.5 Å². The highest BCUT2D eigenvalue weighted by Gasteiger charge is 2.48. The molecule has 0 unspecified atom stereocenters. The maximum absolute atomic E-state index is 13.6. The first-order valence-corrected chi connectivity index (χ1v) is 17.5. The molecule has 0 fully saturated rings. The number of aromatic nitrogens is 3. The Balaban J connectivity index is 0.000000526. The number of amides is 1. The van der Waals surface area contributed by atoms with E-state index in [4.69, 9.17) is 20.7 Å². The van der Waals surface area contributed by atoms with Gasteiger partial charge in [0.15, 0.2) is 0 Å². The zero-order chi connectivity index (χ0) is 45.3. The van der Waals surface area contributed by atoms with Crippen molar-refractivity contribution in [2.24, 2.45) is 16.6 Å². The second-order valence-corrected chi connectivity index (χ2v) is 15.3. The number of anilines is 2. The third kappa shape index (κ3) is 11.5. The number of nitrogens with zero attached hydrogens (tertiary/aromatic N) is 5. The molecule has 0 spiro atoms. The molecule has 2 aromatic heterocycles. The number of ether oxygens (including phenoxy) is 1. The van der Waals surface area contributed by atoms with Crippen LogP contribution in [0.4, 0.5) is 55.7 Å². The number of fused-ring (bicyclic) bond motifs is 1. The highest BCUT2D eigenvalue weighted by molar-refractivity contribution is 5.89. The molecule has 0 radical (unpaired) electrons. The number of hydrogen-bond acceptors (Lipinski definition) is 9. The van der Waals surface area contributed by atoms with Crippen LogP contribution in [0.5, 0.6) is 0 Å². The van der Waals surface area contributed by atoms with Crippen molar-refractivity contribution in [3.63, 3.8) is 0 Å². The molecule has 1 aliphatic rings. The summed E-state index contributed by atoms with van der Waals surface area (Å²) < 4.78 is 127. The summed E-state index contributed by atoms with van der Waals surface area (Å²) in [5.74, 6) is -3.35. The van der Waals surface area contributed by atoms with Gasteiger partial charge in [0.2, 0.25) is 0 Å². The fraction of sp³-hybridized carbons (Fsp3) is 0.514. The van der Waals surface area contributed by atoms with Crippen LogP contribution in [0.2, 0.25) is 0 Å². The van der Waals surface area contributed by atoms with Gasteiger partial charge < -0.3 is 30.7 Å². The number of carbonyl (C=O) groups is 3. The van der Waals surface area contributed by atoms with Crippen LogP contribution in [0.1, 0.15) is 93.0 Å². The first-order chi connectivity index (χ1) is 26.7. The average Bonchev–Trinajstić information content (AvgIpc) is 3.09. The molecule has 3 heterocycles. The van der Waals surface area contributed by atoms with E-state index in [0.717, 1.165) is 6.07 Å². The van der Waals surface area contributed by atoms with Crippen molar-refractivity contribution in [2.45, 2.75) is 84.0 Å². The van der Waals surface area contributed by atoms with E-state index in [1.807, 2.05) is 0 Å². The quantitative estimate of drug-likeness (QED) is 0.137. The van der Waals surface area contributed by atoms with Gasteiger partial charge in [-0.05, 0) is 76.4 Å². The summed E-state index contributed by atoms with van der Waals surface area (Å²) in [5, 5.41) is 27.5. The number of aliphatic carboxylic acids is 2. The number of benzene rings is 1. The van der Waals surface area contributed by atoms with E-state index >= 15 is 0 Å². The zero-order valence-corrected chi connectivity index (χ0v) is 32.8. The second kappa shape index (κ2) is 17.2. The molecule has 13 nitrogen and oxygen atoms in total. The number of carboxylic acid groups (broad SMARTS) is 3. The Morgan fingerprint density at radius 2 is 1.36 bits per heavy atom. The Morgan fingerprint density at radius 1 is 0.847 bits per heavy atom. The van der Waals surface area contributed by atoms with Crippen LogP contribution in [0.25, 0.3) is 0 Å². The molecular weight excluding hydrogens is 811 g/mol. The van der Waals surface area contributed by atoms with Gasteiger partial charge in [-0.15, -0.1) is 0 Å². The van der Waals surface area contributed by atoms with Crippen LogP contribution in [0.15, 0.2) is 36.5 Å². The fourth-order valence-corrected chi connectivity index (χ4v) is 5.76. The van der Waals surface area contributed by atoms with Crippen molar-refractivity contribution in [3.05, 3.63) is 76.1 Å². The lowest BCUT2D eigenvalue weighted by Crippen LogP contribution is -2.61. The minimum atomic E-state index is -5.09. The summed E-state index contributed by atoms with van der Waals surface area (Å²) in [6.07, 6.45) is -16.3. The summed E-state index contributed by atoms with van der Waals surface area (Å²) in [6, 6.07) is 2.61. The highest BCUT2D eigenvalue weighted by atomic mass is 19.4. The minimum Gasteiger partial charge on any atom is -0.481 e. The SMILES string of the molecule is CC(C)(COCC(C)(C)C(=O)O)C(=O)O.CC[C@]1(N)C[C@H](c2ncc(N(C)C)c(Cc3cc(C(F)(F)F)cc(C(F)(F)F)c3)n2)c2nc(C(F)(F)F)ccc2N1C(=O)O. The number of nitrogens with two attached hydrogens (primary N) is 1. The van der Waals surface area contributed by atoms with E-state index in [0.29, 0.717) is 23.1 Å². The van der Waals surface area contributed by atoms with Gasteiger partial charge in [0, 0.05) is 20.5 Å². The highest BCUT2D eigenvalue weighted by Crippen LogP contribution is 2.46. The second-order valence-electron chi connectivity index (χ2n) is 15.3. The van der Waals surface area contributed by atoms with Crippen molar-refractivity contribution in [3.8, 4) is 0 Å². The van der Waals surface area contributed by atoms with Crippen LogP contribution in [-0.4, -0.2) is 81.3 Å². The maximum Gasteiger partial charge on any atom is 0.433 e. The lowest BCUT2D eigenvalue weighted by atomic mass is 9.83. The standard InChI is InChI=1S/C27H25F9N6O2.C10H18O5/c1-4-24(37)11-16(21-18(42(24)23(43)44)5-6-20(40-21)27(34,35)36)22-38-12-19(41(2)3)17(39-22)9-13-7-14(25(28,29)30)10-15(8-13)26(31,32)33;1-9(2,7(11)12)5-15-6-10(3,4)8(13)14/h5-8,10,12,16H,4,9,11,37H2,1-3H3,(H,43,44);5-6H2,1-4H3,(H,11,12)(H,13,14)/t16-,24+;/m0./s1. The van der Waals surface area contributed by atoms with E-state index < -0.39 is 82.2 Å².